The molecule has 0 bridgehead atoms. The van der Waals surface area contributed by atoms with E-state index in [9.17, 15) is 14.4 Å². The van der Waals surface area contributed by atoms with Gasteiger partial charge in [0.2, 0.25) is 0 Å². The number of anilines is 1. The quantitative estimate of drug-likeness (QED) is 0.534. The summed E-state index contributed by atoms with van der Waals surface area (Å²) in [6, 6.07) is 11.1. The maximum Gasteiger partial charge on any atom is 0.338 e. The zero-order chi connectivity index (χ0) is 23.0. The maximum absolute atomic E-state index is 12.4. The van der Waals surface area contributed by atoms with Crippen molar-refractivity contribution >= 4 is 35.2 Å². The van der Waals surface area contributed by atoms with Gasteiger partial charge in [-0.1, -0.05) is 23.7 Å². The molecule has 3 N–H and O–H groups in total. The summed E-state index contributed by atoms with van der Waals surface area (Å²) in [6.07, 6.45) is -1.04. The van der Waals surface area contributed by atoms with Gasteiger partial charge in [-0.25, -0.2) is 9.59 Å². The summed E-state index contributed by atoms with van der Waals surface area (Å²) in [6.45, 7) is 5.52. The van der Waals surface area contributed by atoms with Gasteiger partial charge < -0.3 is 25.4 Å². The smallest absolute Gasteiger partial charge is 0.338 e. The second-order valence-electron chi connectivity index (χ2n) is 7.06. The molecule has 2 aromatic rings. The molecule has 0 heterocycles. The van der Waals surface area contributed by atoms with Gasteiger partial charge >= 0.3 is 12.0 Å². The molecule has 0 aliphatic rings. The van der Waals surface area contributed by atoms with Crippen molar-refractivity contribution in [3.63, 3.8) is 0 Å². The van der Waals surface area contributed by atoms with E-state index in [0.717, 1.165) is 5.56 Å². The van der Waals surface area contributed by atoms with E-state index in [0.29, 0.717) is 23.0 Å². The molecular weight excluding hydrogens is 422 g/mol. The molecule has 0 aliphatic heterocycles. The number of carbonyl (C=O) groups excluding carboxylic acids is 3. The van der Waals surface area contributed by atoms with Crippen molar-refractivity contribution < 1.29 is 23.9 Å². The second-order valence-corrected chi connectivity index (χ2v) is 7.50. The lowest BCUT2D eigenvalue weighted by atomic mass is 10.1. The molecule has 166 valence electrons. The Morgan fingerprint density at radius 3 is 2.32 bits per heavy atom. The number of urea groups is 1. The number of carbonyl (C=O) groups is 3. The molecule has 0 aromatic heterocycles. The van der Waals surface area contributed by atoms with Gasteiger partial charge in [0.05, 0.1) is 18.4 Å². The van der Waals surface area contributed by atoms with Crippen LogP contribution in [-0.2, 0) is 16.1 Å². The first-order valence-electron chi connectivity index (χ1n) is 9.68. The van der Waals surface area contributed by atoms with Crippen LogP contribution in [0.1, 0.15) is 36.7 Å². The lowest BCUT2D eigenvalue weighted by molar-refractivity contribution is -0.123. The summed E-state index contributed by atoms with van der Waals surface area (Å²) in [7, 11) is 1.47. The van der Waals surface area contributed by atoms with Crippen LogP contribution in [0.3, 0.4) is 0 Å². The van der Waals surface area contributed by atoms with Crippen molar-refractivity contribution in [3.8, 4) is 5.75 Å². The van der Waals surface area contributed by atoms with Crippen LogP contribution in [0.15, 0.2) is 42.5 Å². The molecular formula is C22H26ClN3O5. The molecule has 8 nitrogen and oxygen atoms in total. The normalized spacial score (nSPS) is 11.4. The van der Waals surface area contributed by atoms with Gasteiger partial charge in [0.25, 0.3) is 5.91 Å². The second kappa shape index (κ2) is 11.2. The summed E-state index contributed by atoms with van der Waals surface area (Å²) in [5.74, 6) is -0.730. The molecule has 2 aromatic carbocycles. The van der Waals surface area contributed by atoms with Crippen LogP contribution in [0, 0.1) is 0 Å². The van der Waals surface area contributed by atoms with Gasteiger partial charge in [0.15, 0.2) is 6.10 Å². The van der Waals surface area contributed by atoms with Crippen molar-refractivity contribution in [1.29, 1.82) is 0 Å². The van der Waals surface area contributed by atoms with Crippen molar-refractivity contribution in [1.82, 2.24) is 10.6 Å². The molecule has 0 aliphatic carbocycles. The van der Waals surface area contributed by atoms with Crippen LogP contribution < -0.4 is 20.7 Å². The molecule has 31 heavy (non-hydrogen) atoms. The Kier molecular flexibility index (Phi) is 8.69. The van der Waals surface area contributed by atoms with Gasteiger partial charge in [-0.15, -0.1) is 0 Å². The number of esters is 1. The Morgan fingerprint density at radius 1 is 1.03 bits per heavy atom. The average Bonchev–Trinajstić information content (AvgIpc) is 2.72. The topological polar surface area (TPSA) is 106 Å². The van der Waals surface area contributed by atoms with Crippen molar-refractivity contribution in [2.75, 3.05) is 12.4 Å². The molecule has 0 radical (unpaired) electrons. The van der Waals surface area contributed by atoms with E-state index in [1.165, 1.54) is 14.0 Å². The van der Waals surface area contributed by atoms with Crippen molar-refractivity contribution in [2.45, 2.75) is 39.5 Å². The van der Waals surface area contributed by atoms with Gasteiger partial charge in [-0.3, -0.25) is 4.79 Å². The number of ether oxygens (including phenoxy) is 2. The summed E-state index contributed by atoms with van der Waals surface area (Å²) in [5.41, 5.74) is 1.48. The minimum atomic E-state index is -1.04. The van der Waals surface area contributed by atoms with Crippen LogP contribution >= 0.6 is 11.6 Å². The fourth-order valence-electron chi connectivity index (χ4n) is 2.55. The van der Waals surface area contributed by atoms with Gasteiger partial charge in [0, 0.05) is 17.6 Å². The first-order valence-corrected chi connectivity index (χ1v) is 10.1. The number of amides is 3. The van der Waals surface area contributed by atoms with E-state index in [4.69, 9.17) is 21.1 Å². The molecule has 3 amide bonds. The highest BCUT2D eigenvalue weighted by molar-refractivity contribution is 6.31. The number of methoxy groups -OCH3 is 1. The van der Waals surface area contributed by atoms with Crippen LogP contribution in [0.25, 0.3) is 0 Å². The number of halogens is 1. The first-order chi connectivity index (χ1) is 14.7. The van der Waals surface area contributed by atoms with Crippen LogP contribution in [0.4, 0.5) is 10.5 Å². The summed E-state index contributed by atoms with van der Waals surface area (Å²) in [4.78, 5) is 36.4. The standard InChI is InChI=1S/C22H26ClN3O5/c1-13(2)25-22(29)24-12-15-5-7-16(8-6-15)21(28)31-14(3)20(27)26-18-11-17(23)9-10-19(18)30-4/h5-11,13-14H,12H2,1-4H3,(H,26,27)(H2,24,25,29). The first kappa shape index (κ1) is 24.0. The number of hydrogen-bond acceptors (Lipinski definition) is 5. The zero-order valence-electron chi connectivity index (χ0n) is 17.8. The Balaban J connectivity index is 1.91. The highest BCUT2D eigenvalue weighted by atomic mass is 35.5. The van der Waals surface area contributed by atoms with Gasteiger partial charge in [0.1, 0.15) is 5.75 Å². The number of benzene rings is 2. The highest BCUT2D eigenvalue weighted by Gasteiger charge is 2.20. The van der Waals surface area contributed by atoms with E-state index in [2.05, 4.69) is 16.0 Å². The van der Waals surface area contributed by atoms with Crippen LogP contribution in [0.2, 0.25) is 5.02 Å². The van der Waals surface area contributed by atoms with Crippen LogP contribution in [0.5, 0.6) is 5.75 Å². The molecule has 1 atom stereocenters. The van der Waals surface area contributed by atoms with Crippen molar-refractivity contribution in [3.05, 3.63) is 58.6 Å². The minimum Gasteiger partial charge on any atom is -0.495 e. The van der Waals surface area contributed by atoms with E-state index >= 15 is 0 Å². The lowest BCUT2D eigenvalue weighted by Crippen LogP contribution is -2.39. The average molecular weight is 448 g/mol. The molecule has 0 saturated heterocycles. The largest absolute Gasteiger partial charge is 0.495 e. The van der Waals surface area contributed by atoms with E-state index in [1.54, 1.807) is 42.5 Å². The maximum atomic E-state index is 12.4. The molecule has 2 rings (SSSR count). The fourth-order valence-corrected chi connectivity index (χ4v) is 2.72. The zero-order valence-corrected chi connectivity index (χ0v) is 18.6. The molecule has 0 spiro atoms. The predicted molar refractivity (Wildman–Crippen MR) is 118 cm³/mol. The molecule has 0 fully saturated rings. The predicted octanol–water partition coefficient (Wildman–Crippen LogP) is 3.74. The van der Waals surface area contributed by atoms with E-state index < -0.39 is 18.0 Å². The van der Waals surface area contributed by atoms with E-state index in [1.807, 2.05) is 13.8 Å². The lowest BCUT2D eigenvalue weighted by Gasteiger charge is -2.15. The third-order valence-electron chi connectivity index (χ3n) is 4.13. The van der Waals surface area contributed by atoms with Crippen molar-refractivity contribution in [2.24, 2.45) is 0 Å². The fraction of sp³-hybridized carbons (Fsp3) is 0.318. The Morgan fingerprint density at radius 2 is 1.71 bits per heavy atom. The molecule has 0 saturated carbocycles. The third kappa shape index (κ3) is 7.49. The van der Waals surface area contributed by atoms with Gasteiger partial charge in [-0.2, -0.15) is 0 Å². The number of rotatable bonds is 8. The number of hydrogen-bond donors (Lipinski definition) is 3. The highest BCUT2D eigenvalue weighted by Crippen LogP contribution is 2.27. The summed E-state index contributed by atoms with van der Waals surface area (Å²) in [5, 5.41) is 8.51. The molecule has 9 heteroatoms. The minimum absolute atomic E-state index is 0.0382. The number of nitrogens with one attached hydrogen (secondary N) is 3. The Hall–Kier alpha value is -3.26. The van der Waals surface area contributed by atoms with E-state index in [-0.39, 0.29) is 17.6 Å². The monoisotopic (exact) mass is 447 g/mol. The summed E-state index contributed by atoms with van der Waals surface area (Å²) >= 11 is 5.96. The third-order valence-corrected chi connectivity index (χ3v) is 4.37. The molecule has 1 unspecified atom stereocenters. The Bertz CT molecular complexity index is 931. The SMILES string of the molecule is COc1ccc(Cl)cc1NC(=O)C(C)OC(=O)c1ccc(CNC(=O)NC(C)C)cc1. The van der Waals surface area contributed by atoms with Gasteiger partial charge in [-0.05, 0) is 56.7 Å². The van der Waals surface area contributed by atoms with Crippen LogP contribution in [-0.4, -0.2) is 37.2 Å². The summed E-state index contributed by atoms with van der Waals surface area (Å²) < 4.78 is 10.4. The Labute approximate surface area is 186 Å².